The van der Waals surface area contributed by atoms with Crippen LogP contribution in [0.1, 0.15) is 73.8 Å². The summed E-state index contributed by atoms with van der Waals surface area (Å²) in [5.74, 6) is 0.730. The van der Waals surface area contributed by atoms with E-state index in [2.05, 4.69) is 74.8 Å². The molecule has 0 heterocycles. The van der Waals surface area contributed by atoms with Crippen LogP contribution in [0.2, 0.25) is 0 Å². The Hall–Kier alpha value is -7.88. The molecule has 0 aliphatic heterocycles. The molecule has 3 N–H and O–H groups in total. The van der Waals surface area contributed by atoms with Gasteiger partial charge in [-0.2, -0.15) is 4.58 Å². The molecule has 2 aliphatic rings. The van der Waals surface area contributed by atoms with E-state index in [0.717, 1.165) is 35.6 Å². The number of aliphatic hydroxyl groups is 1. The van der Waals surface area contributed by atoms with Gasteiger partial charge in [-0.1, -0.05) is 53.0 Å². The second-order valence-corrected chi connectivity index (χ2v) is 18.9. The lowest BCUT2D eigenvalue weighted by molar-refractivity contribution is -0.481. The molecule has 16 heteroatoms. The van der Waals surface area contributed by atoms with Gasteiger partial charge in [0.2, 0.25) is 17.2 Å². The van der Waals surface area contributed by atoms with E-state index in [-0.39, 0.29) is 98.6 Å². The molecular formula is C58H71N4O12+. The Kier molecular flexibility index (Phi) is 21.4. The van der Waals surface area contributed by atoms with Crippen molar-refractivity contribution >= 4 is 58.3 Å². The van der Waals surface area contributed by atoms with Gasteiger partial charge < -0.3 is 49.1 Å². The van der Waals surface area contributed by atoms with Crippen LogP contribution in [0.5, 0.6) is 11.5 Å². The maximum atomic E-state index is 13.8. The SMILES string of the molecule is C=C(C)C(=O)OCCNC(=O)OCCOc1ccc(N(c2ccc(C3=C(O)C(=C4C=CC(=[N+](c5ccc(OCCOC(=O)NCCOC(=O)C(=C)C)cc5)C(C)CC(C)C)C=C4)C3=O)cc2)C(C)CC(C)C)cc1. The van der Waals surface area contributed by atoms with Crippen molar-refractivity contribution in [3.63, 3.8) is 0 Å². The zero-order valence-corrected chi connectivity index (χ0v) is 43.9. The normalized spacial score (nSPS) is 13.7. The van der Waals surface area contributed by atoms with Gasteiger partial charge in [0.25, 0.3) is 0 Å². The minimum Gasteiger partial charge on any atom is -0.506 e. The number of carbonyl (C=O) groups is 5. The Morgan fingerprint density at radius 2 is 1.05 bits per heavy atom. The Balaban J connectivity index is 1.21. The number of anilines is 2. The molecule has 5 rings (SSSR count). The summed E-state index contributed by atoms with van der Waals surface area (Å²) >= 11 is 0. The molecule has 2 unspecified atom stereocenters. The molecular weight excluding hydrogens is 945 g/mol. The van der Waals surface area contributed by atoms with Crippen molar-refractivity contribution < 1.29 is 62.1 Å². The number of benzene rings is 3. The van der Waals surface area contributed by atoms with E-state index < -0.39 is 24.1 Å². The van der Waals surface area contributed by atoms with Crippen LogP contribution in [-0.4, -0.2) is 110 Å². The highest BCUT2D eigenvalue weighted by molar-refractivity contribution is 6.39. The number of alkyl carbamates (subject to hydrolysis) is 2. The maximum absolute atomic E-state index is 13.8. The average Bonchev–Trinajstić information content (AvgIpc) is 3.36. The quantitative estimate of drug-likeness (QED) is 0.0227. The highest BCUT2D eigenvalue weighted by Crippen LogP contribution is 2.40. The van der Waals surface area contributed by atoms with Crippen LogP contribution in [-0.2, 0) is 33.3 Å². The highest BCUT2D eigenvalue weighted by Gasteiger charge is 2.37. The standard InChI is InChI=1S/C58H70N4O12/c1-37(2)35-41(9)61(47-19-23-49(24-20-47)69-31-33-73-57(67)59-27-29-71-55(65)39(5)6)45-15-11-43(12-16-45)51-53(63)52(54(51)64)44-13-17-46(18-14-44)62(42(10)36-38(3)4)48-21-25-50(26-22-48)70-32-34-74-58(68)60-28-30-72-56(66)40(7)8/h11-26,37-38,41-42H,5,7,27-36H2,1-4,6,8-10H3,(H2-,59,60,63,64,67,68)/p+1. The molecule has 0 aromatic heterocycles. The number of amides is 2. The van der Waals surface area contributed by atoms with Gasteiger partial charge in [-0.15, -0.1) is 0 Å². The predicted molar refractivity (Wildman–Crippen MR) is 285 cm³/mol. The lowest BCUT2D eigenvalue weighted by Gasteiger charge is -2.33. The van der Waals surface area contributed by atoms with Crippen molar-refractivity contribution in [2.75, 3.05) is 57.6 Å². The van der Waals surface area contributed by atoms with Gasteiger partial charge in [0.05, 0.1) is 24.2 Å². The monoisotopic (exact) mass is 1020 g/mol. The van der Waals surface area contributed by atoms with E-state index in [1.807, 2.05) is 97.1 Å². The molecule has 3 aromatic rings. The number of carbonyl (C=O) groups excluding carboxylic acids is 5. The summed E-state index contributed by atoms with van der Waals surface area (Å²) in [5.41, 5.74) is 6.04. The van der Waals surface area contributed by atoms with E-state index in [9.17, 15) is 29.1 Å². The fourth-order valence-electron chi connectivity index (χ4n) is 8.34. The van der Waals surface area contributed by atoms with Gasteiger partial charge in [-0.25, -0.2) is 19.2 Å². The van der Waals surface area contributed by atoms with Gasteiger partial charge in [-0.05, 0) is 118 Å². The molecule has 74 heavy (non-hydrogen) atoms. The number of rotatable bonds is 26. The summed E-state index contributed by atoms with van der Waals surface area (Å²) in [4.78, 5) is 63.0. The Labute approximate surface area is 434 Å². The number of hydrogen-bond donors (Lipinski definition) is 3. The van der Waals surface area contributed by atoms with Crippen molar-refractivity contribution in [3.8, 4) is 11.5 Å². The van der Waals surface area contributed by atoms with Gasteiger partial charge in [-0.3, -0.25) is 4.79 Å². The van der Waals surface area contributed by atoms with Crippen LogP contribution < -0.4 is 25.0 Å². The minimum absolute atomic E-state index is 0.00362. The third kappa shape index (κ3) is 16.6. The third-order valence-electron chi connectivity index (χ3n) is 11.6. The first-order valence-electron chi connectivity index (χ1n) is 24.9. The highest BCUT2D eigenvalue weighted by atomic mass is 16.6. The summed E-state index contributed by atoms with van der Waals surface area (Å²) in [7, 11) is 0. The molecule has 0 saturated heterocycles. The molecule has 2 amide bonds. The second kappa shape index (κ2) is 27.8. The van der Waals surface area contributed by atoms with Crippen molar-refractivity contribution in [3.05, 3.63) is 144 Å². The summed E-state index contributed by atoms with van der Waals surface area (Å²) in [6.07, 6.45) is 8.18. The molecule has 0 spiro atoms. The number of hydrogen-bond acceptors (Lipinski definition) is 13. The van der Waals surface area contributed by atoms with E-state index in [4.69, 9.17) is 28.4 Å². The van der Waals surface area contributed by atoms with Crippen molar-refractivity contribution in [1.29, 1.82) is 0 Å². The summed E-state index contributed by atoms with van der Waals surface area (Å²) in [6, 6.07) is 23.2. The van der Waals surface area contributed by atoms with Crippen molar-refractivity contribution in [1.82, 2.24) is 10.6 Å². The van der Waals surface area contributed by atoms with E-state index in [1.165, 1.54) is 0 Å². The van der Waals surface area contributed by atoms with Crippen LogP contribution >= 0.6 is 0 Å². The molecule has 394 valence electrons. The minimum atomic E-state index is -0.649. The first-order chi connectivity index (χ1) is 35.3. The lowest BCUT2D eigenvalue weighted by atomic mass is 9.80. The molecule has 2 atom stereocenters. The number of ether oxygens (including phenoxy) is 6. The van der Waals surface area contributed by atoms with E-state index in [1.54, 1.807) is 13.8 Å². The molecule has 16 nitrogen and oxygen atoms in total. The lowest BCUT2D eigenvalue weighted by Crippen LogP contribution is -2.30. The van der Waals surface area contributed by atoms with Crippen molar-refractivity contribution in [2.45, 2.75) is 80.3 Å². The van der Waals surface area contributed by atoms with Crippen LogP contribution in [0.15, 0.2) is 138 Å². The van der Waals surface area contributed by atoms with Gasteiger partial charge in [0.15, 0.2) is 6.04 Å². The second-order valence-electron chi connectivity index (χ2n) is 18.9. The van der Waals surface area contributed by atoms with E-state index >= 15 is 0 Å². The molecule has 0 bridgehead atoms. The van der Waals surface area contributed by atoms with Crippen LogP contribution in [0, 0.1) is 11.8 Å². The van der Waals surface area contributed by atoms with Crippen LogP contribution in [0.25, 0.3) is 5.57 Å². The fourth-order valence-corrected chi connectivity index (χ4v) is 8.34. The zero-order chi connectivity index (χ0) is 53.9. The van der Waals surface area contributed by atoms with Gasteiger partial charge in [0.1, 0.15) is 56.9 Å². The van der Waals surface area contributed by atoms with Crippen LogP contribution in [0.4, 0.5) is 26.7 Å². The summed E-state index contributed by atoms with van der Waals surface area (Å²) < 4.78 is 34.1. The third-order valence-corrected chi connectivity index (χ3v) is 11.6. The number of nitrogens with one attached hydrogen (secondary N) is 2. The summed E-state index contributed by atoms with van der Waals surface area (Å²) in [5, 5.41) is 16.5. The number of aliphatic hydroxyl groups excluding tert-OH is 1. The molecule has 0 saturated carbocycles. The number of nitrogens with zero attached hydrogens (tertiary/aromatic N) is 2. The number of ketones is 1. The Morgan fingerprint density at radius 3 is 1.50 bits per heavy atom. The predicted octanol–water partition coefficient (Wildman–Crippen LogP) is 10.2. The first kappa shape index (κ1) is 57.0. The topological polar surface area (TPSA) is 191 Å². The molecule has 0 fully saturated rings. The molecule has 2 aliphatic carbocycles. The van der Waals surface area contributed by atoms with Crippen molar-refractivity contribution in [2.24, 2.45) is 11.8 Å². The van der Waals surface area contributed by atoms with E-state index in [0.29, 0.717) is 34.5 Å². The Morgan fingerprint density at radius 1 is 0.595 bits per heavy atom. The fraction of sp³-hybridized carbons (Fsp3) is 0.379. The molecule has 3 aromatic carbocycles. The average molecular weight is 1020 g/mol. The number of allylic oxidation sites excluding steroid dienone is 7. The largest absolute Gasteiger partial charge is 0.506 e. The zero-order valence-electron chi connectivity index (χ0n) is 43.9. The summed E-state index contributed by atoms with van der Waals surface area (Å²) in [6.45, 7) is 23.7. The maximum Gasteiger partial charge on any atom is 0.407 e. The number of esters is 2. The van der Waals surface area contributed by atoms with Crippen LogP contribution in [0.3, 0.4) is 0 Å². The smallest absolute Gasteiger partial charge is 0.407 e. The Bertz CT molecular complexity index is 2640. The molecule has 0 radical (unpaired) electrons. The first-order valence-corrected chi connectivity index (χ1v) is 24.9. The van der Waals surface area contributed by atoms with Gasteiger partial charge >= 0.3 is 24.1 Å². The van der Waals surface area contributed by atoms with Gasteiger partial charge in [0, 0.05) is 59.3 Å². The number of Topliss-reactive ketones (excluding diaryl/α,β-unsaturated/α-hetero) is 1.